The van der Waals surface area contributed by atoms with E-state index in [1.807, 2.05) is 32.1 Å². The van der Waals surface area contributed by atoms with Gasteiger partial charge in [0, 0.05) is 17.2 Å². The molecule has 1 aliphatic heterocycles. The van der Waals surface area contributed by atoms with Gasteiger partial charge in [0.05, 0.1) is 36.8 Å². The van der Waals surface area contributed by atoms with Crippen LogP contribution in [0.15, 0.2) is 59.7 Å². The van der Waals surface area contributed by atoms with Gasteiger partial charge in [-0.1, -0.05) is 42.5 Å². The summed E-state index contributed by atoms with van der Waals surface area (Å²) in [6, 6.07) is 12.2. The number of carbonyl (C=O) groups is 3. The summed E-state index contributed by atoms with van der Waals surface area (Å²) in [4.78, 5) is 39.2. The summed E-state index contributed by atoms with van der Waals surface area (Å²) >= 11 is 0. The number of rotatable bonds is 8. The maximum Gasteiger partial charge on any atom is 0.254 e. The lowest BCUT2D eigenvalue weighted by atomic mass is 9.85. The molecule has 1 saturated carbocycles. The number of hydrogen-bond acceptors (Lipinski definition) is 6. The van der Waals surface area contributed by atoms with Gasteiger partial charge in [-0.2, -0.15) is 10.1 Å². The van der Waals surface area contributed by atoms with E-state index in [2.05, 4.69) is 5.10 Å². The topological polar surface area (TPSA) is 85.3 Å². The molecule has 2 aromatic rings. The van der Waals surface area contributed by atoms with E-state index in [4.69, 9.17) is 9.47 Å². The Morgan fingerprint density at radius 2 is 1.59 bits per heavy atom. The molecule has 7 nitrogen and oxygen atoms in total. The van der Waals surface area contributed by atoms with Crippen LogP contribution in [-0.4, -0.2) is 42.0 Å². The number of hydrogen-bond donors (Lipinski definition) is 0. The van der Waals surface area contributed by atoms with Crippen molar-refractivity contribution in [3.8, 4) is 11.5 Å². The third-order valence-electron chi connectivity index (χ3n) is 6.75. The lowest BCUT2D eigenvalue weighted by molar-refractivity contribution is -0.140. The van der Waals surface area contributed by atoms with Gasteiger partial charge >= 0.3 is 0 Å². The zero-order valence-electron chi connectivity index (χ0n) is 19.1. The van der Waals surface area contributed by atoms with Crippen LogP contribution in [0.4, 0.5) is 0 Å². The quantitative estimate of drug-likeness (QED) is 0.260. The molecule has 2 amide bonds. The molecular weight excluding hydrogens is 432 g/mol. The van der Waals surface area contributed by atoms with Gasteiger partial charge in [0.15, 0.2) is 5.78 Å². The minimum atomic E-state index is -0.318. The van der Waals surface area contributed by atoms with Crippen molar-refractivity contribution in [3.63, 3.8) is 0 Å². The fourth-order valence-electron chi connectivity index (χ4n) is 5.28. The number of allylic oxidation sites excluding steroid dienone is 2. The van der Waals surface area contributed by atoms with Crippen molar-refractivity contribution >= 4 is 23.8 Å². The van der Waals surface area contributed by atoms with Gasteiger partial charge in [-0.25, -0.2) is 0 Å². The van der Waals surface area contributed by atoms with Gasteiger partial charge in [-0.05, 0) is 38.2 Å². The monoisotopic (exact) mass is 458 g/mol. The van der Waals surface area contributed by atoms with Crippen LogP contribution in [0.2, 0.25) is 0 Å². The number of hydrazone groups is 1. The summed E-state index contributed by atoms with van der Waals surface area (Å²) in [5.41, 5.74) is 1.37. The number of nitrogens with zero attached hydrogens (tertiary/aromatic N) is 2. The maximum absolute atomic E-state index is 13.2. The highest BCUT2D eigenvalue weighted by atomic mass is 16.5. The lowest BCUT2D eigenvalue weighted by Crippen LogP contribution is -2.28. The number of carbonyl (C=O) groups excluding carboxylic acids is 3. The van der Waals surface area contributed by atoms with Crippen molar-refractivity contribution in [1.29, 1.82) is 0 Å². The molecule has 2 bridgehead atoms. The number of benzene rings is 2. The molecule has 4 atom stereocenters. The van der Waals surface area contributed by atoms with Crippen LogP contribution >= 0.6 is 0 Å². The molecule has 2 aromatic carbocycles. The van der Waals surface area contributed by atoms with Crippen molar-refractivity contribution in [3.05, 3.63) is 71.3 Å². The summed E-state index contributed by atoms with van der Waals surface area (Å²) in [6.45, 7) is 4.46. The molecule has 1 heterocycles. The highest BCUT2D eigenvalue weighted by Crippen LogP contribution is 2.52. The average Bonchev–Trinajstić information content (AvgIpc) is 3.53. The molecule has 34 heavy (non-hydrogen) atoms. The van der Waals surface area contributed by atoms with Crippen molar-refractivity contribution in [2.75, 3.05) is 13.2 Å². The van der Waals surface area contributed by atoms with E-state index in [-0.39, 0.29) is 41.3 Å². The average molecular weight is 459 g/mol. The van der Waals surface area contributed by atoms with Crippen molar-refractivity contribution < 1.29 is 23.9 Å². The first kappa shape index (κ1) is 22.1. The standard InChI is InChI=1S/C27H26N2O5/c1-3-33-21-14-22(34-4-2)20(25(30)16-8-6-5-7-9-16)13-19(21)15-28-29-26(31)23-17-10-11-18(12-17)24(23)27(29)32/h5-11,13-15,17-18,23-24H,3-4,12H2,1-2H3. The predicted molar refractivity (Wildman–Crippen MR) is 126 cm³/mol. The van der Waals surface area contributed by atoms with E-state index >= 15 is 0 Å². The van der Waals surface area contributed by atoms with E-state index in [1.54, 1.807) is 36.4 Å². The van der Waals surface area contributed by atoms with Crippen molar-refractivity contribution in [2.24, 2.45) is 28.8 Å². The minimum Gasteiger partial charge on any atom is -0.493 e. The van der Waals surface area contributed by atoms with E-state index < -0.39 is 0 Å². The molecule has 0 radical (unpaired) electrons. The van der Waals surface area contributed by atoms with Crippen LogP contribution in [-0.2, 0) is 9.59 Å². The Labute approximate surface area is 198 Å². The normalized spacial score (nSPS) is 24.8. The molecular formula is C27H26N2O5. The van der Waals surface area contributed by atoms with Gasteiger partial charge < -0.3 is 9.47 Å². The molecule has 7 heteroatoms. The fourth-order valence-corrected chi connectivity index (χ4v) is 5.28. The Morgan fingerprint density at radius 3 is 2.21 bits per heavy atom. The highest BCUT2D eigenvalue weighted by Gasteiger charge is 2.59. The number of ether oxygens (including phenoxy) is 2. The highest BCUT2D eigenvalue weighted by molar-refractivity contribution is 6.12. The zero-order chi connectivity index (χ0) is 23.8. The maximum atomic E-state index is 13.2. The minimum absolute atomic E-state index is 0.117. The second-order valence-electron chi connectivity index (χ2n) is 8.68. The van der Waals surface area contributed by atoms with Gasteiger partial charge in [0.25, 0.3) is 11.8 Å². The Hall–Kier alpha value is -3.74. The van der Waals surface area contributed by atoms with E-state index in [9.17, 15) is 14.4 Å². The summed E-state index contributed by atoms with van der Waals surface area (Å²) in [5, 5.41) is 5.27. The molecule has 3 aliphatic rings. The Balaban J connectivity index is 1.50. The van der Waals surface area contributed by atoms with Gasteiger partial charge in [-0.15, -0.1) is 0 Å². The van der Waals surface area contributed by atoms with Gasteiger partial charge in [0.1, 0.15) is 11.5 Å². The smallest absolute Gasteiger partial charge is 0.254 e. The molecule has 4 unspecified atom stereocenters. The number of ketones is 1. The number of fused-ring (bicyclic) bond motifs is 5. The summed E-state index contributed by atoms with van der Waals surface area (Å²) in [7, 11) is 0. The SMILES string of the molecule is CCOc1cc(OCC)c(C(=O)c2ccccc2)cc1C=NN1C(=O)C2C3C=CC(C3)C2C1=O. The van der Waals surface area contributed by atoms with Gasteiger partial charge in [-0.3, -0.25) is 14.4 Å². The Morgan fingerprint density at radius 1 is 0.971 bits per heavy atom. The molecule has 0 N–H and O–H groups in total. The third kappa shape index (κ3) is 3.61. The second-order valence-corrected chi connectivity index (χ2v) is 8.68. The van der Waals surface area contributed by atoms with Crippen LogP contribution in [0.25, 0.3) is 0 Å². The first-order chi connectivity index (χ1) is 16.5. The first-order valence-electron chi connectivity index (χ1n) is 11.7. The first-order valence-corrected chi connectivity index (χ1v) is 11.7. The van der Waals surface area contributed by atoms with Crippen LogP contribution in [0.5, 0.6) is 11.5 Å². The number of amides is 2. The molecule has 0 spiro atoms. The third-order valence-corrected chi connectivity index (χ3v) is 6.75. The van der Waals surface area contributed by atoms with Crippen LogP contribution < -0.4 is 9.47 Å². The Kier molecular flexibility index (Phi) is 5.77. The predicted octanol–water partition coefficient (Wildman–Crippen LogP) is 3.86. The molecule has 2 fully saturated rings. The number of imide groups is 1. The zero-order valence-corrected chi connectivity index (χ0v) is 19.1. The van der Waals surface area contributed by atoms with Crippen molar-refractivity contribution in [1.82, 2.24) is 5.01 Å². The van der Waals surface area contributed by atoms with Crippen molar-refractivity contribution in [2.45, 2.75) is 20.3 Å². The summed E-state index contributed by atoms with van der Waals surface area (Å²) in [5.74, 6) is -0.254. The second kappa shape index (κ2) is 8.89. The van der Waals surface area contributed by atoms with Gasteiger partial charge in [0.2, 0.25) is 0 Å². The molecule has 0 aromatic heterocycles. The van der Waals surface area contributed by atoms with E-state index in [0.29, 0.717) is 41.4 Å². The molecule has 5 rings (SSSR count). The largest absolute Gasteiger partial charge is 0.493 e. The Bertz CT molecular complexity index is 1170. The van der Waals surface area contributed by atoms with Crippen LogP contribution in [0.1, 0.15) is 41.8 Å². The van der Waals surface area contributed by atoms with Crippen LogP contribution in [0, 0.1) is 23.7 Å². The summed E-state index contributed by atoms with van der Waals surface area (Å²) < 4.78 is 11.5. The lowest BCUT2D eigenvalue weighted by Gasteiger charge is -2.15. The van der Waals surface area contributed by atoms with E-state index in [1.165, 1.54) is 6.21 Å². The van der Waals surface area contributed by atoms with E-state index in [0.717, 1.165) is 11.4 Å². The molecule has 1 saturated heterocycles. The van der Waals surface area contributed by atoms with Crippen LogP contribution in [0.3, 0.4) is 0 Å². The molecule has 174 valence electrons. The fraction of sp³-hybridized carbons (Fsp3) is 0.333. The summed E-state index contributed by atoms with van der Waals surface area (Å²) in [6.07, 6.45) is 6.38. The molecule has 2 aliphatic carbocycles.